The summed E-state index contributed by atoms with van der Waals surface area (Å²) in [5.74, 6) is -2.11. The normalized spacial score (nSPS) is 17.0. The summed E-state index contributed by atoms with van der Waals surface area (Å²) in [5, 5.41) is 4.07. The third kappa shape index (κ3) is 8.06. The maximum absolute atomic E-state index is 14.7. The van der Waals surface area contributed by atoms with Crippen LogP contribution in [0.4, 0.5) is 5.69 Å². The standard InChI is InChI=1S/C40H40Cl2N4O3/c1-2-3-14-31(37(43)47)33(22-25-17-18-25)39(48)45-38-40(49)46(24-26-10-9-13-28(21-26)30-20-19-29(41)23-34(30)42)35-16-8-7-15-32(35)36(44-38)27-11-5-4-6-12-27/h4-13,15-16,19-21,23,25,31,33,38H,2-3,14,17-18,22,24H2,1H3,(H2,43,47)(H,45,48)/t31-,33+,38?/m0/s1. The van der Waals surface area contributed by atoms with Gasteiger partial charge in [-0.05, 0) is 54.2 Å². The van der Waals surface area contributed by atoms with Crippen LogP contribution in [0.2, 0.25) is 10.0 Å². The number of nitrogens with two attached hydrogens (primary N) is 1. The molecule has 2 aliphatic rings. The average molecular weight is 696 g/mol. The molecule has 3 N–H and O–H groups in total. The number of hydrogen-bond acceptors (Lipinski definition) is 4. The van der Waals surface area contributed by atoms with Gasteiger partial charge in [0.2, 0.25) is 18.0 Å². The number of benzodiazepines with no additional fused rings is 1. The van der Waals surface area contributed by atoms with Crippen molar-refractivity contribution in [3.63, 3.8) is 0 Å². The number of para-hydroxylation sites is 1. The molecule has 0 radical (unpaired) electrons. The molecule has 0 saturated heterocycles. The quantitative estimate of drug-likeness (QED) is 0.147. The summed E-state index contributed by atoms with van der Waals surface area (Å²) in [5.41, 5.74) is 11.3. The van der Waals surface area contributed by atoms with Gasteiger partial charge < -0.3 is 16.0 Å². The summed E-state index contributed by atoms with van der Waals surface area (Å²) in [6, 6.07) is 30.5. The van der Waals surface area contributed by atoms with Crippen LogP contribution in [0.1, 0.15) is 62.1 Å². The first-order valence-corrected chi connectivity index (χ1v) is 17.7. The second-order valence-electron chi connectivity index (χ2n) is 13.0. The highest BCUT2D eigenvalue weighted by Gasteiger charge is 2.40. The van der Waals surface area contributed by atoms with Gasteiger partial charge in [-0.3, -0.25) is 14.4 Å². The number of halogens is 2. The highest BCUT2D eigenvalue weighted by atomic mass is 35.5. The number of benzene rings is 4. The second-order valence-corrected chi connectivity index (χ2v) is 13.8. The number of nitrogens with one attached hydrogen (secondary N) is 1. The Balaban J connectivity index is 1.39. The van der Waals surface area contributed by atoms with Gasteiger partial charge in [0.15, 0.2) is 0 Å². The molecule has 1 saturated carbocycles. The molecule has 1 aliphatic heterocycles. The van der Waals surface area contributed by atoms with E-state index in [2.05, 4.69) is 5.32 Å². The van der Waals surface area contributed by atoms with Gasteiger partial charge in [-0.2, -0.15) is 0 Å². The van der Waals surface area contributed by atoms with Crippen LogP contribution in [0.3, 0.4) is 0 Å². The Morgan fingerprint density at radius 1 is 0.898 bits per heavy atom. The number of amides is 3. The van der Waals surface area contributed by atoms with Crippen molar-refractivity contribution in [3.8, 4) is 11.1 Å². The summed E-state index contributed by atoms with van der Waals surface area (Å²) in [6.07, 6.45) is 3.56. The number of primary amides is 1. The Labute approximate surface area is 297 Å². The van der Waals surface area contributed by atoms with E-state index in [-0.39, 0.29) is 18.4 Å². The van der Waals surface area contributed by atoms with Crippen LogP contribution in [-0.4, -0.2) is 29.6 Å². The molecule has 49 heavy (non-hydrogen) atoms. The Hall–Kier alpha value is -4.46. The van der Waals surface area contributed by atoms with Crippen molar-refractivity contribution in [2.45, 2.75) is 58.2 Å². The lowest BCUT2D eigenvalue weighted by atomic mass is 9.83. The minimum Gasteiger partial charge on any atom is -0.369 e. The first-order valence-electron chi connectivity index (χ1n) is 16.9. The molecule has 7 nitrogen and oxygen atoms in total. The molecule has 252 valence electrons. The number of nitrogens with zero attached hydrogens (tertiary/aromatic N) is 2. The van der Waals surface area contributed by atoms with E-state index in [4.69, 9.17) is 33.9 Å². The molecule has 1 aliphatic carbocycles. The van der Waals surface area contributed by atoms with Crippen LogP contribution in [0.25, 0.3) is 11.1 Å². The molecular weight excluding hydrogens is 655 g/mol. The van der Waals surface area contributed by atoms with Gasteiger partial charge in [-0.15, -0.1) is 0 Å². The van der Waals surface area contributed by atoms with E-state index in [1.807, 2.05) is 91.9 Å². The lowest BCUT2D eigenvalue weighted by molar-refractivity contribution is -0.135. The molecule has 3 amide bonds. The van der Waals surface area contributed by atoms with Crippen molar-refractivity contribution in [2.24, 2.45) is 28.5 Å². The fourth-order valence-electron chi connectivity index (χ4n) is 6.63. The van der Waals surface area contributed by atoms with E-state index in [0.717, 1.165) is 53.5 Å². The lowest BCUT2D eigenvalue weighted by Gasteiger charge is -2.28. The minimum absolute atomic E-state index is 0.213. The van der Waals surface area contributed by atoms with Gasteiger partial charge in [0.05, 0.1) is 17.9 Å². The second kappa shape index (κ2) is 15.4. The van der Waals surface area contributed by atoms with E-state index in [1.165, 1.54) is 0 Å². The maximum Gasteiger partial charge on any atom is 0.272 e. The molecule has 0 spiro atoms. The fraction of sp³-hybridized carbons (Fsp3) is 0.300. The topological polar surface area (TPSA) is 105 Å². The van der Waals surface area contributed by atoms with Gasteiger partial charge >= 0.3 is 0 Å². The van der Waals surface area contributed by atoms with Crippen molar-refractivity contribution in [3.05, 3.63) is 124 Å². The first-order chi connectivity index (χ1) is 23.7. The zero-order chi connectivity index (χ0) is 34.5. The Morgan fingerprint density at radius 2 is 1.63 bits per heavy atom. The molecule has 1 heterocycles. The van der Waals surface area contributed by atoms with E-state index >= 15 is 0 Å². The van der Waals surface area contributed by atoms with Crippen molar-refractivity contribution < 1.29 is 14.4 Å². The van der Waals surface area contributed by atoms with Gasteiger partial charge in [0.25, 0.3) is 5.91 Å². The van der Waals surface area contributed by atoms with Crippen LogP contribution in [0.15, 0.2) is 102 Å². The van der Waals surface area contributed by atoms with Crippen molar-refractivity contribution in [2.75, 3.05) is 4.90 Å². The summed E-state index contributed by atoms with van der Waals surface area (Å²) >= 11 is 12.7. The molecule has 1 fully saturated rings. The number of hydrogen-bond donors (Lipinski definition) is 2. The monoisotopic (exact) mass is 694 g/mol. The molecule has 0 aromatic heterocycles. The third-order valence-electron chi connectivity index (χ3n) is 9.38. The summed E-state index contributed by atoms with van der Waals surface area (Å²) in [6.45, 7) is 2.26. The van der Waals surface area contributed by atoms with Crippen LogP contribution in [0, 0.1) is 17.8 Å². The zero-order valence-corrected chi connectivity index (χ0v) is 29.0. The zero-order valence-electron chi connectivity index (χ0n) is 27.4. The smallest absolute Gasteiger partial charge is 0.272 e. The first kappa shape index (κ1) is 34.4. The summed E-state index contributed by atoms with van der Waals surface area (Å²) in [4.78, 5) is 48.2. The molecular formula is C40H40Cl2N4O3. The highest BCUT2D eigenvalue weighted by Crippen LogP contribution is 2.39. The Kier molecular flexibility index (Phi) is 10.8. The number of rotatable bonds is 13. The SMILES string of the molecule is CCCC[C@H](C(N)=O)[C@@H](CC1CC1)C(=O)NC1N=C(c2ccccc2)c2ccccc2N(Cc2cccc(-c3ccc(Cl)cc3Cl)c2)C1=O. The van der Waals surface area contributed by atoms with Gasteiger partial charge in [-0.1, -0.05) is 129 Å². The third-order valence-corrected chi connectivity index (χ3v) is 9.93. The Morgan fingerprint density at radius 3 is 2.35 bits per heavy atom. The number of fused-ring (bicyclic) bond motifs is 1. The number of carbonyl (C=O) groups is 3. The predicted molar refractivity (Wildman–Crippen MR) is 197 cm³/mol. The maximum atomic E-state index is 14.7. The van der Waals surface area contributed by atoms with Crippen LogP contribution >= 0.6 is 23.2 Å². The minimum atomic E-state index is -1.23. The average Bonchev–Trinajstić information content (AvgIpc) is 3.94. The molecule has 3 atom stereocenters. The molecule has 0 bridgehead atoms. The van der Waals surface area contributed by atoms with Crippen molar-refractivity contribution >= 4 is 52.3 Å². The van der Waals surface area contributed by atoms with Crippen LogP contribution < -0.4 is 16.0 Å². The predicted octanol–water partition coefficient (Wildman–Crippen LogP) is 8.19. The van der Waals surface area contributed by atoms with Gasteiger partial charge in [0, 0.05) is 38.6 Å². The lowest BCUT2D eigenvalue weighted by Crippen LogP contribution is -2.50. The van der Waals surface area contributed by atoms with Gasteiger partial charge in [0.1, 0.15) is 0 Å². The largest absolute Gasteiger partial charge is 0.369 e. The van der Waals surface area contributed by atoms with E-state index in [0.29, 0.717) is 40.2 Å². The van der Waals surface area contributed by atoms with E-state index < -0.39 is 23.9 Å². The van der Waals surface area contributed by atoms with Gasteiger partial charge in [-0.25, -0.2) is 4.99 Å². The molecule has 6 rings (SSSR count). The number of anilines is 1. The molecule has 9 heteroatoms. The summed E-state index contributed by atoms with van der Waals surface area (Å²) < 4.78 is 0. The van der Waals surface area contributed by atoms with Crippen molar-refractivity contribution in [1.82, 2.24) is 5.32 Å². The molecule has 1 unspecified atom stereocenters. The van der Waals surface area contributed by atoms with Crippen LogP contribution in [-0.2, 0) is 20.9 Å². The Bertz CT molecular complexity index is 1870. The molecule has 4 aromatic rings. The number of carbonyl (C=O) groups excluding carboxylic acids is 3. The number of aliphatic imine (C=N–C) groups is 1. The number of unbranched alkanes of at least 4 members (excludes halogenated alkanes) is 1. The fourth-order valence-corrected chi connectivity index (χ4v) is 7.15. The summed E-state index contributed by atoms with van der Waals surface area (Å²) in [7, 11) is 0. The van der Waals surface area contributed by atoms with Crippen LogP contribution in [0.5, 0.6) is 0 Å². The van der Waals surface area contributed by atoms with E-state index in [1.54, 1.807) is 17.0 Å². The van der Waals surface area contributed by atoms with Crippen molar-refractivity contribution in [1.29, 1.82) is 0 Å². The highest BCUT2D eigenvalue weighted by molar-refractivity contribution is 6.36. The van der Waals surface area contributed by atoms with E-state index in [9.17, 15) is 14.4 Å². The molecule has 4 aromatic carbocycles.